The van der Waals surface area contributed by atoms with E-state index in [1.165, 1.54) is 0 Å². The van der Waals surface area contributed by atoms with E-state index >= 15 is 0 Å². The third-order valence-corrected chi connectivity index (χ3v) is 3.79. The van der Waals surface area contributed by atoms with Crippen molar-refractivity contribution in [2.24, 2.45) is 4.99 Å². The van der Waals surface area contributed by atoms with Gasteiger partial charge in [0.2, 0.25) is 0 Å². The highest BCUT2D eigenvalue weighted by Gasteiger charge is 2.10. The highest BCUT2D eigenvalue weighted by Crippen LogP contribution is 2.05. The fourth-order valence-electron chi connectivity index (χ4n) is 2.37. The molecule has 2 rings (SSSR count). The van der Waals surface area contributed by atoms with Crippen LogP contribution in [0.4, 0.5) is 0 Å². The van der Waals surface area contributed by atoms with Gasteiger partial charge in [-0.3, -0.25) is 14.9 Å². The first-order chi connectivity index (χ1) is 10.7. The molecule has 0 unspecified atom stereocenters. The average Bonchev–Trinajstić information content (AvgIpc) is 2.83. The van der Waals surface area contributed by atoms with Crippen molar-refractivity contribution in [3.8, 4) is 5.69 Å². The number of aromatic nitrogens is 2. The highest BCUT2D eigenvalue weighted by molar-refractivity contribution is 5.80. The van der Waals surface area contributed by atoms with Crippen LogP contribution in [0.5, 0.6) is 0 Å². The van der Waals surface area contributed by atoms with Crippen molar-refractivity contribution in [3.63, 3.8) is 0 Å². The number of para-hydroxylation sites is 1. The SMILES string of the molecule is CCN(CC)CCN=Cc1c(C)[nH]n(-c2ccccc2)c1=O. The number of hydrogen-bond acceptors (Lipinski definition) is 3. The first-order valence-corrected chi connectivity index (χ1v) is 7.76. The molecule has 0 saturated heterocycles. The van der Waals surface area contributed by atoms with E-state index in [1.807, 2.05) is 37.3 Å². The lowest BCUT2D eigenvalue weighted by Gasteiger charge is -2.15. The van der Waals surface area contributed by atoms with E-state index in [-0.39, 0.29) is 5.56 Å². The quantitative estimate of drug-likeness (QED) is 0.797. The van der Waals surface area contributed by atoms with Gasteiger partial charge in [-0.25, -0.2) is 4.68 Å². The molecule has 2 aromatic rings. The first-order valence-electron chi connectivity index (χ1n) is 7.76. The molecule has 1 aromatic heterocycles. The Hall–Kier alpha value is -2.14. The second-order valence-electron chi connectivity index (χ2n) is 5.19. The lowest BCUT2D eigenvalue weighted by atomic mass is 10.3. The molecular formula is C17H24N4O. The zero-order valence-electron chi connectivity index (χ0n) is 13.5. The fraction of sp³-hybridized carbons (Fsp3) is 0.412. The van der Waals surface area contributed by atoms with Crippen molar-refractivity contribution in [3.05, 3.63) is 51.9 Å². The molecule has 0 aliphatic heterocycles. The molecular weight excluding hydrogens is 276 g/mol. The average molecular weight is 300 g/mol. The molecule has 0 fully saturated rings. The molecule has 0 saturated carbocycles. The van der Waals surface area contributed by atoms with E-state index in [4.69, 9.17) is 0 Å². The van der Waals surface area contributed by atoms with Crippen LogP contribution in [0.3, 0.4) is 0 Å². The van der Waals surface area contributed by atoms with Crippen molar-refractivity contribution in [1.82, 2.24) is 14.7 Å². The van der Waals surface area contributed by atoms with Crippen LogP contribution in [0.1, 0.15) is 25.1 Å². The van der Waals surface area contributed by atoms with Gasteiger partial charge in [0.25, 0.3) is 5.56 Å². The van der Waals surface area contributed by atoms with Gasteiger partial charge in [0.1, 0.15) is 0 Å². The Labute approximate surface area is 131 Å². The molecule has 0 spiro atoms. The summed E-state index contributed by atoms with van der Waals surface area (Å²) in [6, 6.07) is 9.56. The number of benzene rings is 1. The minimum Gasteiger partial charge on any atom is -0.302 e. The van der Waals surface area contributed by atoms with Crippen LogP contribution in [-0.4, -0.2) is 47.1 Å². The predicted molar refractivity (Wildman–Crippen MR) is 91.4 cm³/mol. The lowest BCUT2D eigenvalue weighted by molar-refractivity contribution is 0.313. The molecule has 0 aliphatic rings. The van der Waals surface area contributed by atoms with Crippen molar-refractivity contribution < 1.29 is 0 Å². The lowest BCUT2D eigenvalue weighted by Crippen LogP contribution is -2.25. The first kappa shape index (κ1) is 16.2. The van der Waals surface area contributed by atoms with Gasteiger partial charge in [-0.05, 0) is 32.1 Å². The molecule has 1 aromatic carbocycles. The van der Waals surface area contributed by atoms with Crippen LogP contribution in [0.25, 0.3) is 5.69 Å². The van der Waals surface area contributed by atoms with E-state index in [0.29, 0.717) is 12.1 Å². The van der Waals surface area contributed by atoms with Crippen LogP contribution in [0.2, 0.25) is 0 Å². The molecule has 1 heterocycles. The number of H-pyrrole nitrogens is 1. The Bertz CT molecular complexity index is 666. The maximum Gasteiger partial charge on any atom is 0.280 e. The standard InChI is InChI=1S/C17H24N4O/c1-4-20(5-2)12-11-18-13-16-14(3)19-21(17(16)22)15-9-7-6-8-10-15/h6-10,13,19H,4-5,11-12H2,1-3H3. The van der Waals surface area contributed by atoms with Gasteiger partial charge in [0, 0.05) is 18.5 Å². The van der Waals surface area contributed by atoms with Crippen LogP contribution >= 0.6 is 0 Å². The Morgan fingerprint density at radius 2 is 1.91 bits per heavy atom. The molecule has 118 valence electrons. The molecule has 0 aliphatic carbocycles. The highest BCUT2D eigenvalue weighted by atomic mass is 16.1. The predicted octanol–water partition coefficient (Wildman–Crippen LogP) is 2.23. The van der Waals surface area contributed by atoms with Crippen LogP contribution in [-0.2, 0) is 0 Å². The van der Waals surface area contributed by atoms with Crippen molar-refractivity contribution >= 4 is 6.21 Å². The summed E-state index contributed by atoms with van der Waals surface area (Å²) < 4.78 is 1.56. The number of likely N-dealkylation sites (N-methyl/N-ethyl adjacent to an activating group) is 1. The van der Waals surface area contributed by atoms with E-state index < -0.39 is 0 Å². The molecule has 0 radical (unpaired) electrons. The van der Waals surface area contributed by atoms with Crippen LogP contribution in [0, 0.1) is 6.92 Å². The minimum atomic E-state index is -0.0599. The summed E-state index contributed by atoms with van der Waals surface area (Å²) in [5.41, 5.74) is 2.23. The van der Waals surface area contributed by atoms with E-state index in [9.17, 15) is 4.79 Å². The summed E-state index contributed by atoms with van der Waals surface area (Å²) in [7, 11) is 0. The van der Waals surface area contributed by atoms with Crippen LogP contribution < -0.4 is 5.56 Å². The Balaban J connectivity index is 2.13. The van der Waals surface area contributed by atoms with Gasteiger partial charge in [0.15, 0.2) is 0 Å². The van der Waals surface area contributed by atoms with Crippen LogP contribution in [0.15, 0.2) is 40.1 Å². The van der Waals surface area contributed by atoms with E-state index in [0.717, 1.165) is 31.0 Å². The third kappa shape index (κ3) is 3.74. The number of nitrogens with zero attached hydrogens (tertiary/aromatic N) is 3. The van der Waals surface area contributed by atoms with Gasteiger partial charge in [-0.1, -0.05) is 32.0 Å². The molecule has 0 atom stereocenters. The molecule has 0 amide bonds. The Morgan fingerprint density at radius 3 is 2.55 bits per heavy atom. The Morgan fingerprint density at radius 1 is 1.23 bits per heavy atom. The number of aromatic amines is 1. The summed E-state index contributed by atoms with van der Waals surface area (Å²) >= 11 is 0. The van der Waals surface area contributed by atoms with Crippen molar-refractivity contribution in [1.29, 1.82) is 0 Å². The van der Waals surface area contributed by atoms with Gasteiger partial charge >= 0.3 is 0 Å². The summed E-state index contributed by atoms with van der Waals surface area (Å²) in [6.07, 6.45) is 1.69. The fourth-order valence-corrected chi connectivity index (χ4v) is 2.37. The monoisotopic (exact) mass is 300 g/mol. The normalized spacial score (nSPS) is 11.6. The van der Waals surface area contributed by atoms with Gasteiger partial charge in [-0.15, -0.1) is 0 Å². The summed E-state index contributed by atoms with van der Waals surface area (Å²) in [5, 5.41) is 3.10. The van der Waals surface area contributed by atoms with Crippen molar-refractivity contribution in [2.75, 3.05) is 26.2 Å². The Kier molecular flexibility index (Phi) is 5.72. The zero-order chi connectivity index (χ0) is 15.9. The van der Waals surface area contributed by atoms with Gasteiger partial charge < -0.3 is 4.90 Å². The second kappa shape index (κ2) is 7.75. The number of nitrogens with one attached hydrogen (secondary N) is 1. The molecule has 5 nitrogen and oxygen atoms in total. The number of hydrogen-bond donors (Lipinski definition) is 1. The largest absolute Gasteiger partial charge is 0.302 e. The van der Waals surface area contributed by atoms with E-state index in [1.54, 1.807) is 10.9 Å². The van der Waals surface area contributed by atoms with Crippen molar-refractivity contribution in [2.45, 2.75) is 20.8 Å². The van der Waals surface area contributed by atoms with E-state index in [2.05, 4.69) is 28.8 Å². The second-order valence-corrected chi connectivity index (χ2v) is 5.19. The molecule has 1 N–H and O–H groups in total. The summed E-state index contributed by atoms with van der Waals surface area (Å²) in [6.45, 7) is 9.85. The molecule has 0 bridgehead atoms. The minimum absolute atomic E-state index is 0.0599. The van der Waals surface area contributed by atoms with Gasteiger partial charge in [0.05, 0.1) is 17.8 Å². The molecule has 5 heteroatoms. The topological polar surface area (TPSA) is 53.4 Å². The number of aryl methyl sites for hydroxylation is 1. The maximum absolute atomic E-state index is 12.5. The van der Waals surface area contributed by atoms with Gasteiger partial charge in [-0.2, -0.15) is 0 Å². The molecule has 22 heavy (non-hydrogen) atoms. The zero-order valence-corrected chi connectivity index (χ0v) is 13.5. The summed E-state index contributed by atoms with van der Waals surface area (Å²) in [5.74, 6) is 0. The third-order valence-electron chi connectivity index (χ3n) is 3.79. The summed E-state index contributed by atoms with van der Waals surface area (Å²) in [4.78, 5) is 19.2. The maximum atomic E-state index is 12.5. The smallest absolute Gasteiger partial charge is 0.280 e. The number of aliphatic imine (C=N–C) groups is 1. The number of rotatable bonds is 7.